The van der Waals surface area contributed by atoms with Gasteiger partial charge in [-0.25, -0.2) is 0 Å². The van der Waals surface area contributed by atoms with Gasteiger partial charge in [0, 0.05) is 13.2 Å². The van der Waals surface area contributed by atoms with Crippen molar-refractivity contribution in [1.29, 1.82) is 0 Å². The van der Waals surface area contributed by atoms with Gasteiger partial charge in [-0.3, -0.25) is 4.79 Å². The third-order valence-electron chi connectivity index (χ3n) is 4.72. The van der Waals surface area contributed by atoms with E-state index in [1.54, 1.807) is 0 Å². The maximum absolute atomic E-state index is 12.7. The summed E-state index contributed by atoms with van der Waals surface area (Å²) in [5.41, 5.74) is 2.70. The minimum absolute atomic E-state index is 0.197. The van der Waals surface area contributed by atoms with Gasteiger partial charge in [0.15, 0.2) is 0 Å². The fraction of sp³-hybridized carbons (Fsp3) is 0.611. The van der Waals surface area contributed by atoms with E-state index >= 15 is 0 Å². The van der Waals surface area contributed by atoms with E-state index in [4.69, 9.17) is 4.74 Å². The fourth-order valence-corrected chi connectivity index (χ4v) is 3.65. The highest BCUT2D eigenvalue weighted by Gasteiger charge is 2.36. The predicted octanol–water partition coefficient (Wildman–Crippen LogP) is 3.65. The molecule has 2 aliphatic rings. The monoisotopic (exact) mass is 287 g/mol. The van der Waals surface area contributed by atoms with E-state index in [1.807, 2.05) is 0 Å². The van der Waals surface area contributed by atoms with E-state index in [9.17, 15) is 4.79 Å². The van der Waals surface area contributed by atoms with Crippen molar-refractivity contribution < 1.29 is 9.53 Å². The molecule has 3 heteroatoms. The lowest BCUT2D eigenvalue weighted by molar-refractivity contribution is -0.141. The van der Waals surface area contributed by atoms with Crippen molar-refractivity contribution >= 4 is 5.91 Å². The van der Waals surface area contributed by atoms with Gasteiger partial charge in [-0.1, -0.05) is 38.1 Å². The zero-order valence-corrected chi connectivity index (χ0v) is 13.0. The molecular weight excluding hydrogens is 262 g/mol. The normalized spacial score (nSPS) is 25.8. The Morgan fingerprint density at radius 1 is 1.24 bits per heavy atom. The molecule has 2 atom stereocenters. The Morgan fingerprint density at radius 2 is 2.05 bits per heavy atom. The lowest BCUT2D eigenvalue weighted by atomic mass is 9.91. The summed E-state index contributed by atoms with van der Waals surface area (Å²) in [7, 11) is 0. The number of ether oxygens (including phenoxy) is 1. The van der Waals surface area contributed by atoms with Gasteiger partial charge >= 0.3 is 0 Å². The molecule has 2 saturated heterocycles. The maximum Gasteiger partial charge on any atom is 0.252 e. The van der Waals surface area contributed by atoms with Crippen LogP contribution in [-0.2, 0) is 9.53 Å². The van der Waals surface area contributed by atoms with Crippen LogP contribution < -0.4 is 0 Å². The number of benzene rings is 1. The summed E-state index contributed by atoms with van der Waals surface area (Å²) in [5, 5.41) is 0. The molecule has 3 nitrogen and oxygen atoms in total. The number of hydrogen-bond donors (Lipinski definition) is 0. The molecule has 0 N–H and O–H groups in total. The first-order chi connectivity index (χ1) is 10.2. The largest absolute Gasteiger partial charge is 0.368 e. The van der Waals surface area contributed by atoms with Crippen LogP contribution in [0.2, 0.25) is 0 Å². The van der Waals surface area contributed by atoms with E-state index in [2.05, 4.69) is 43.0 Å². The summed E-state index contributed by atoms with van der Waals surface area (Å²) in [6, 6.07) is 8.82. The molecular formula is C18H25NO2. The Bertz CT molecular complexity index is 506. The molecule has 2 unspecified atom stereocenters. The minimum atomic E-state index is -0.197. The van der Waals surface area contributed by atoms with Crippen LogP contribution in [0.25, 0.3) is 0 Å². The van der Waals surface area contributed by atoms with E-state index in [-0.39, 0.29) is 18.1 Å². The Morgan fingerprint density at radius 3 is 2.76 bits per heavy atom. The van der Waals surface area contributed by atoms with Crippen LogP contribution in [0.5, 0.6) is 0 Å². The summed E-state index contributed by atoms with van der Waals surface area (Å²) >= 11 is 0. The molecule has 0 aromatic heterocycles. The molecule has 0 bridgehead atoms. The highest BCUT2D eigenvalue weighted by Crippen LogP contribution is 2.37. The van der Waals surface area contributed by atoms with Gasteiger partial charge < -0.3 is 9.64 Å². The smallest absolute Gasteiger partial charge is 0.252 e. The van der Waals surface area contributed by atoms with Crippen LogP contribution in [0, 0.1) is 0 Å². The number of amides is 1. The van der Waals surface area contributed by atoms with Crippen LogP contribution in [-0.4, -0.2) is 30.1 Å². The SMILES string of the molecule is CC(C)c1ccccc1C1CCCN1C(=O)C1CCCO1. The molecule has 3 rings (SSSR count). The summed E-state index contributed by atoms with van der Waals surface area (Å²) < 4.78 is 5.60. The summed E-state index contributed by atoms with van der Waals surface area (Å²) in [6.45, 7) is 6.05. The van der Waals surface area contributed by atoms with E-state index in [1.165, 1.54) is 11.1 Å². The summed E-state index contributed by atoms with van der Waals surface area (Å²) in [5.74, 6) is 0.690. The second kappa shape index (κ2) is 6.18. The number of hydrogen-bond acceptors (Lipinski definition) is 2. The average molecular weight is 287 g/mol. The third kappa shape index (κ3) is 2.84. The van der Waals surface area contributed by atoms with Gasteiger partial charge in [-0.15, -0.1) is 0 Å². The minimum Gasteiger partial charge on any atom is -0.368 e. The molecule has 2 aliphatic heterocycles. The van der Waals surface area contributed by atoms with Gasteiger partial charge in [0.1, 0.15) is 6.10 Å². The first kappa shape index (κ1) is 14.6. The van der Waals surface area contributed by atoms with Crippen molar-refractivity contribution in [2.75, 3.05) is 13.2 Å². The number of rotatable bonds is 3. The van der Waals surface area contributed by atoms with Crippen molar-refractivity contribution in [1.82, 2.24) is 4.90 Å². The zero-order chi connectivity index (χ0) is 14.8. The van der Waals surface area contributed by atoms with Gasteiger partial charge in [-0.2, -0.15) is 0 Å². The van der Waals surface area contributed by atoms with Crippen molar-refractivity contribution in [3.63, 3.8) is 0 Å². The topological polar surface area (TPSA) is 29.5 Å². The van der Waals surface area contributed by atoms with E-state index in [0.717, 1.165) is 38.8 Å². The average Bonchev–Trinajstić information content (AvgIpc) is 3.18. The molecule has 114 valence electrons. The lowest BCUT2D eigenvalue weighted by Crippen LogP contribution is -2.38. The number of carbonyl (C=O) groups is 1. The molecule has 1 aromatic carbocycles. The molecule has 21 heavy (non-hydrogen) atoms. The fourth-order valence-electron chi connectivity index (χ4n) is 3.65. The van der Waals surface area contributed by atoms with Crippen molar-refractivity contribution in [3.05, 3.63) is 35.4 Å². The summed E-state index contributed by atoms with van der Waals surface area (Å²) in [6.07, 6.45) is 3.86. The molecule has 2 heterocycles. The van der Waals surface area contributed by atoms with Crippen LogP contribution in [0.15, 0.2) is 24.3 Å². The number of likely N-dealkylation sites (tertiary alicyclic amines) is 1. The highest BCUT2D eigenvalue weighted by molar-refractivity contribution is 5.82. The van der Waals surface area contributed by atoms with Gasteiger partial charge in [0.2, 0.25) is 0 Å². The lowest BCUT2D eigenvalue weighted by Gasteiger charge is -2.29. The second-order valence-corrected chi connectivity index (χ2v) is 6.47. The summed E-state index contributed by atoms with van der Waals surface area (Å²) in [4.78, 5) is 14.8. The first-order valence-corrected chi connectivity index (χ1v) is 8.19. The standard InChI is InChI=1S/C18H25NO2/c1-13(2)14-7-3-4-8-15(14)16-9-5-11-19(16)18(20)17-10-6-12-21-17/h3-4,7-8,13,16-17H,5-6,9-12H2,1-2H3. The first-order valence-electron chi connectivity index (χ1n) is 8.19. The second-order valence-electron chi connectivity index (χ2n) is 6.47. The van der Waals surface area contributed by atoms with Crippen LogP contribution in [0.3, 0.4) is 0 Å². The van der Waals surface area contributed by atoms with Crippen LogP contribution >= 0.6 is 0 Å². The van der Waals surface area contributed by atoms with Crippen LogP contribution in [0.4, 0.5) is 0 Å². The molecule has 2 fully saturated rings. The van der Waals surface area contributed by atoms with Crippen molar-refractivity contribution in [3.8, 4) is 0 Å². The van der Waals surface area contributed by atoms with Gasteiger partial charge in [0.05, 0.1) is 6.04 Å². The number of nitrogens with zero attached hydrogens (tertiary/aromatic N) is 1. The van der Waals surface area contributed by atoms with Crippen LogP contribution in [0.1, 0.15) is 62.6 Å². The molecule has 0 aliphatic carbocycles. The molecule has 1 amide bonds. The Hall–Kier alpha value is -1.35. The van der Waals surface area contributed by atoms with Gasteiger partial charge in [0.25, 0.3) is 5.91 Å². The quantitative estimate of drug-likeness (QED) is 0.849. The highest BCUT2D eigenvalue weighted by atomic mass is 16.5. The van der Waals surface area contributed by atoms with Crippen molar-refractivity contribution in [2.24, 2.45) is 0 Å². The molecule has 0 saturated carbocycles. The number of carbonyl (C=O) groups excluding carboxylic acids is 1. The van der Waals surface area contributed by atoms with Crippen molar-refractivity contribution in [2.45, 2.75) is 57.6 Å². The third-order valence-corrected chi connectivity index (χ3v) is 4.72. The van der Waals surface area contributed by atoms with E-state index in [0.29, 0.717) is 5.92 Å². The Labute approximate surface area is 127 Å². The van der Waals surface area contributed by atoms with Gasteiger partial charge in [-0.05, 0) is 42.7 Å². The Kier molecular flexibility index (Phi) is 4.29. The molecule has 0 radical (unpaired) electrons. The van der Waals surface area contributed by atoms with E-state index < -0.39 is 0 Å². The maximum atomic E-state index is 12.7. The molecule has 1 aromatic rings. The predicted molar refractivity (Wildman–Crippen MR) is 83.2 cm³/mol. The zero-order valence-electron chi connectivity index (χ0n) is 13.0. The Balaban J connectivity index is 1.85. The molecule has 0 spiro atoms.